The molecule has 0 saturated heterocycles. The molecule has 0 unspecified atom stereocenters. The Kier molecular flexibility index (Phi) is 6.97. The summed E-state index contributed by atoms with van der Waals surface area (Å²) in [7, 11) is 0. The summed E-state index contributed by atoms with van der Waals surface area (Å²) < 4.78 is 57.9. The van der Waals surface area contributed by atoms with Crippen molar-refractivity contribution >= 4 is 16.9 Å². The SMILES string of the molecule is CCCn1c(CN(CCC(C)C)C(=O)c2c(F)ccc(F)c2F)nc2ccc(F)cc21. The fourth-order valence-corrected chi connectivity index (χ4v) is 3.46. The Morgan fingerprint density at radius 3 is 2.48 bits per heavy atom. The van der Waals surface area contributed by atoms with Crippen molar-refractivity contribution in [2.24, 2.45) is 5.92 Å². The number of nitrogens with zero attached hydrogens (tertiary/aromatic N) is 3. The summed E-state index contributed by atoms with van der Waals surface area (Å²) in [5.74, 6) is -4.59. The van der Waals surface area contributed by atoms with Gasteiger partial charge in [0.2, 0.25) is 0 Å². The topological polar surface area (TPSA) is 38.1 Å². The molecule has 0 saturated carbocycles. The number of halogens is 4. The Labute approximate surface area is 178 Å². The van der Waals surface area contributed by atoms with E-state index in [2.05, 4.69) is 4.98 Å². The Hall–Kier alpha value is -2.90. The van der Waals surface area contributed by atoms with Gasteiger partial charge in [0.25, 0.3) is 5.91 Å². The van der Waals surface area contributed by atoms with Gasteiger partial charge in [-0.05, 0) is 49.1 Å². The normalized spacial score (nSPS) is 11.5. The van der Waals surface area contributed by atoms with Crippen LogP contribution in [-0.2, 0) is 13.1 Å². The van der Waals surface area contributed by atoms with Crippen LogP contribution in [0.1, 0.15) is 49.8 Å². The molecule has 3 aromatic rings. The van der Waals surface area contributed by atoms with Gasteiger partial charge in [0.15, 0.2) is 11.6 Å². The maximum absolute atomic E-state index is 14.3. The van der Waals surface area contributed by atoms with Gasteiger partial charge >= 0.3 is 0 Å². The van der Waals surface area contributed by atoms with Crippen LogP contribution in [0.2, 0.25) is 0 Å². The van der Waals surface area contributed by atoms with Crippen LogP contribution in [0.25, 0.3) is 11.0 Å². The van der Waals surface area contributed by atoms with Gasteiger partial charge in [-0.3, -0.25) is 4.79 Å². The molecule has 4 nitrogen and oxygen atoms in total. The van der Waals surface area contributed by atoms with Crippen molar-refractivity contribution in [3.05, 3.63) is 65.0 Å². The molecule has 0 aliphatic rings. The molecule has 1 aromatic heterocycles. The minimum Gasteiger partial charge on any atom is -0.331 e. The molecular weight excluding hydrogens is 410 g/mol. The van der Waals surface area contributed by atoms with Crippen molar-refractivity contribution in [1.82, 2.24) is 14.5 Å². The second-order valence-electron chi connectivity index (χ2n) is 7.94. The molecule has 1 amide bonds. The summed E-state index contributed by atoms with van der Waals surface area (Å²) >= 11 is 0. The lowest BCUT2D eigenvalue weighted by Gasteiger charge is -2.24. The number of aromatic nitrogens is 2. The first kappa shape index (κ1) is 22.8. The molecule has 31 heavy (non-hydrogen) atoms. The Bertz CT molecular complexity index is 1090. The fraction of sp³-hybridized carbons (Fsp3) is 0.391. The third kappa shape index (κ3) is 4.89. The summed E-state index contributed by atoms with van der Waals surface area (Å²) in [6.07, 6.45) is 1.31. The van der Waals surface area contributed by atoms with Crippen LogP contribution in [0.3, 0.4) is 0 Å². The Morgan fingerprint density at radius 2 is 1.81 bits per heavy atom. The van der Waals surface area contributed by atoms with Crippen LogP contribution in [0, 0.1) is 29.2 Å². The number of carbonyl (C=O) groups is 1. The predicted octanol–water partition coefficient (Wildman–Crippen LogP) is 5.69. The van der Waals surface area contributed by atoms with Crippen LogP contribution in [0.15, 0.2) is 30.3 Å². The van der Waals surface area contributed by atoms with E-state index < -0.39 is 34.7 Å². The smallest absolute Gasteiger partial charge is 0.260 e. The highest BCUT2D eigenvalue weighted by atomic mass is 19.2. The molecule has 0 atom stereocenters. The van der Waals surface area contributed by atoms with Gasteiger partial charge in [0.05, 0.1) is 17.6 Å². The number of hydrogen-bond acceptors (Lipinski definition) is 2. The first-order valence-corrected chi connectivity index (χ1v) is 10.3. The van der Waals surface area contributed by atoms with E-state index in [0.29, 0.717) is 35.9 Å². The van der Waals surface area contributed by atoms with E-state index >= 15 is 0 Å². The third-order valence-corrected chi connectivity index (χ3v) is 5.09. The third-order valence-electron chi connectivity index (χ3n) is 5.09. The minimum atomic E-state index is -1.51. The fourth-order valence-electron chi connectivity index (χ4n) is 3.46. The molecule has 2 aromatic carbocycles. The zero-order valence-electron chi connectivity index (χ0n) is 17.8. The molecule has 0 fully saturated rings. The average molecular weight is 435 g/mol. The minimum absolute atomic E-state index is 0.0444. The predicted molar refractivity (Wildman–Crippen MR) is 110 cm³/mol. The number of aryl methyl sites for hydroxylation is 1. The van der Waals surface area contributed by atoms with Gasteiger partial charge in [0.1, 0.15) is 23.0 Å². The molecule has 1 heterocycles. The maximum Gasteiger partial charge on any atom is 0.260 e. The van der Waals surface area contributed by atoms with Crippen molar-refractivity contribution in [2.75, 3.05) is 6.54 Å². The quantitative estimate of drug-likeness (QED) is 0.337. The van der Waals surface area contributed by atoms with Crippen LogP contribution >= 0.6 is 0 Å². The van der Waals surface area contributed by atoms with Crippen LogP contribution < -0.4 is 0 Å². The van der Waals surface area contributed by atoms with Gasteiger partial charge in [-0.1, -0.05) is 20.8 Å². The lowest BCUT2D eigenvalue weighted by atomic mass is 10.1. The molecule has 0 N–H and O–H groups in total. The van der Waals surface area contributed by atoms with E-state index in [0.717, 1.165) is 12.5 Å². The number of fused-ring (bicyclic) bond motifs is 1. The van der Waals surface area contributed by atoms with Crippen molar-refractivity contribution in [3.8, 4) is 0 Å². The monoisotopic (exact) mass is 435 g/mol. The lowest BCUT2D eigenvalue weighted by molar-refractivity contribution is 0.0718. The van der Waals surface area contributed by atoms with Gasteiger partial charge in [-0.15, -0.1) is 0 Å². The maximum atomic E-state index is 14.3. The highest BCUT2D eigenvalue weighted by Gasteiger charge is 2.27. The number of benzene rings is 2. The lowest BCUT2D eigenvalue weighted by Crippen LogP contribution is -2.34. The van der Waals surface area contributed by atoms with Gasteiger partial charge in [0, 0.05) is 13.1 Å². The molecule has 0 aliphatic heterocycles. The van der Waals surface area contributed by atoms with E-state index in [-0.39, 0.29) is 19.0 Å². The van der Waals surface area contributed by atoms with E-state index in [4.69, 9.17) is 0 Å². The summed E-state index contributed by atoms with van der Waals surface area (Å²) in [6.45, 7) is 6.56. The molecule has 3 rings (SSSR count). The van der Waals surface area contributed by atoms with Crippen molar-refractivity contribution in [2.45, 2.75) is 46.7 Å². The Balaban J connectivity index is 2.04. The average Bonchev–Trinajstić information content (AvgIpc) is 3.05. The first-order chi connectivity index (χ1) is 14.7. The molecule has 0 spiro atoms. The second kappa shape index (κ2) is 9.49. The molecule has 166 valence electrons. The number of imidazole rings is 1. The highest BCUT2D eigenvalue weighted by molar-refractivity contribution is 5.94. The molecular formula is C23H25F4N3O. The van der Waals surface area contributed by atoms with E-state index in [1.165, 1.54) is 17.0 Å². The van der Waals surface area contributed by atoms with Crippen LogP contribution in [0.5, 0.6) is 0 Å². The summed E-state index contributed by atoms with van der Waals surface area (Å²) in [5.41, 5.74) is 0.216. The van der Waals surface area contributed by atoms with E-state index in [9.17, 15) is 22.4 Å². The van der Waals surface area contributed by atoms with Gasteiger partial charge < -0.3 is 9.47 Å². The number of carbonyl (C=O) groups excluding carboxylic acids is 1. The summed E-state index contributed by atoms with van der Waals surface area (Å²) in [4.78, 5) is 18.9. The standard InChI is InChI=1S/C23H25F4N3O/c1-4-10-30-19-12-15(24)5-8-18(19)28-20(30)13-29(11-9-14(2)3)23(31)21-16(25)6-7-17(26)22(21)27/h5-8,12,14H,4,9-11,13H2,1-3H3. The molecule has 8 heteroatoms. The number of hydrogen-bond donors (Lipinski definition) is 0. The van der Waals surface area contributed by atoms with Crippen molar-refractivity contribution in [3.63, 3.8) is 0 Å². The van der Waals surface area contributed by atoms with Crippen LogP contribution in [0.4, 0.5) is 17.6 Å². The molecule has 0 radical (unpaired) electrons. The number of amides is 1. The number of rotatable bonds is 8. The Morgan fingerprint density at radius 1 is 1.10 bits per heavy atom. The molecule has 0 aliphatic carbocycles. The van der Waals surface area contributed by atoms with Gasteiger partial charge in [-0.2, -0.15) is 0 Å². The van der Waals surface area contributed by atoms with Crippen LogP contribution in [-0.4, -0.2) is 26.9 Å². The summed E-state index contributed by atoms with van der Waals surface area (Å²) in [6, 6.07) is 5.60. The second-order valence-corrected chi connectivity index (χ2v) is 7.94. The van der Waals surface area contributed by atoms with Crippen molar-refractivity contribution < 1.29 is 22.4 Å². The molecule has 0 bridgehead atoms. The summed E-state index contributed by atoms with van der Waals surface area (Å²) in [5, 5.41) is 0. The zero-order chi connectivity index (χ0) is 22.7. The van der Waals surface area contributed by atoms with Crippen molar-refractivity contribution in [1.29, 1.82) is 0 Å². The van der Waals surface area contributed by atoms with E-state index in [1.54, 1.807) is 10.6 Å². The largest absolute Gasteiger partial charge is 0.331 e. The van der Waals surface area contributed by atoms with E-state index in [1.807, 2.05) is 20.8 Å². The highest BCUT2D eigenvalue weighted by Crippen LogP contribution is 2.23. The zero-order valence-corrected chi connectivity index (χ0v) is 17.8. The first-order valence-electron chi connectivity index (χ1n) is 10.3. The van der Waals surface area contributed by atoms with Gasteiger partial charge in [-0.25, -0.2) is 22.5 Å².